The predicted octanol–water partition coefficient (Wildman–Crippen LogP) is 4.13. The fourth-order valence-corrected chi connectivity index (χ4v) is 2.12. The molecule has 0 aliphatic heterocycles. The smallest absolute Gasteiger partial charge is 0.123 e. The van der Waals surface area contributed by atoms with Crippen molar-refractivity contribution in [3.8, 4) is 0 Å². The van der Waals surface area contributed by atoms with E-state index in [0.29, 0.717) is 5.02 Å². The molecule has 0 fully saturated rings. The lowest BCUT2D eigenvalue weighted by atomic mass is 10.00. The van der Waals surface area contributed by atoms with Crippen LogP contribution in [0.5, 0.6) is 0 Å². The van der Waals surface area contributed by atoms with E-state index in [9.17, 15) is 4.39 Å². The summed E-state index contributed by atoms with van der Waals surface area (Å²) >= 11 is 8.19. The van der Waals surface area contributed by atoms with Gasteiger partial charge in [-0.25, -0.2) is 4.39 Å². The van der Waals surface area contributed by atoms with E-state index >= 15 is 0 Å². The Bertz CT molecular complexity index is 545. The quantitative estimate of drug-likeness (QED) is 0.800. The van der Waals surface area contributed by atoms with Gasteiger partial charge in [-0.15, -0.1) is 0 Å². The van der Waals surface area contributed by atoms with E-state index in [1.807, 2.05) is 18.2 Å². The van der Waals surface area contributed by atoms with Gasteiger partial charge in [0.05, 0.1) is 11.1 Å². The molecule has 0 bridgehead atoms. The highest BCUT2D eigenvalue weighted by molar-refractivity contribution is 14.1. The van der Waals surface area contributed by atoms with Crippen molar-refractivity contribution in [2.24, 2.45) is 5.73 Å². The Morgan fingerprint density at radius 2 is 1.82 bits per heavy atom. The Hall–Kier alpha value is -0.650. The molecule has 0 aliphatic carbocycles. The number of halogens is 3. The summed E-state index contributed by atoms with van der Waals surface area (Å²) in [7, 11) is 0. The first-order valence-corrected chi connectivity index (χ1v) is 6.49. The van der Waals surface area contributed by atoms with Crippen LogP contribution in [0.4, 0.5) is 4.39 Å². The minimum Gasteiger partial charge on any atom is -0.320 e. The number of hydrogen-bond donors (Lipinski definition) is 1. The van der Waals surface area contributed by atoms with Crippen LogP contribution >= 0.6 is 34.2 Å². The average Bonchev–Trinajstić information content (AvgIpc) is 2.32. The summed E-state index contributed by atoms with van der Waals surface area (Å²) in [5.74, 6) is -0.283. The molecule has 4 heteroatoms. The van der Waals surface area contributed by atoms with Gasteiger partial charge in [0.15, 0.2) is 0 Å². The van der Waals surface area contributed by atoms with Gasteiger partial charge in [-0.3, -0.25) is 0 Å². The van der Waals surface area contributed by atoms with Crippen molar-refractivity contribution >= 4 is 34.2 Å². The molecular formula is C13H10ClFIN. The monoisotopic (exact) mass is 361 g/mol. The van der Waals surface area contributed by atoms with Crippen LogP contribution in [0.15, 0.2) is 42.5 Å². The predicted molar refractivity (Wildman–Crippen MR) is 76.6 cm³/mol. The number of benzene rings is 2. The largest absolute Gasteiger partial charge is 0.320 e. The first kappa shape index (κ1) is 12.8. The SMILES string of the molecule is NC(c1cccc(F)c1)c1ccc(I)c(Cl)c1. The van der Waals surface area contributed by atoms with Gasteiger partial charge in [-0.2, -0.15) is 0 Å². The highest BCUT2D eigenvalue weighted by atomic mass is 127. The molecule has 88 valence electrons. The number of rotatable bonds is 2. The summed E-state index contributed by atoms with van der Waals surface area (Å²) in [6.07, 6.45) is 0. The molecule has 2 rings (SSSR count). The van der Waals surface area contributed by atoms with Gasteiger partial charge in [0.25, 0.3) is 0 Å². The van der Waals surface area contributed by atoms with Crippen LogP contribution in [0.3, 0.4) is 0 Å². The first-order chi connectivity index (χ1) is 8.08. The Labute approximate surface area is 118 Å². The molecule has 1 unspecified atom stereocenters. The number of hydrogen-bond acceptors (Lipinski definition) is 1. The van der Waals surface area contributed by atoms with E-state index in [4.69, 9.17) is 17.3 Å². The molecule has 2 aromatic carbocycles. The lowest BCUT2D eigenvalue weighted by Gasteiger charge is -2.13. The molecule has 1 nitrogen and oxygen atoms in total. The van der Waals surface area contributed by atoms with Crippen molar-refractivity contribution in [2.75, 3.05) is 0 Å². The van der Waals surface area contributed by atoms with Crippen LogP contribution in [0, 0.1) is 9.39 Å². The maximum atomic E-state index is 13.1. The number of nitrogens with two attached hydrogens (primary N) is 1. The Kier molecular flexibility index (Phi) is 4.01. The van der Waals surface area contributed by atoms with Crippen LogP contribution in [0.1, 0.15) is 17.2 Å². The zero-order valence-electron chi connectivity index (χ0n) is 8.83. The summed E-state index contributed by atoms with van der Waals surface area (Å²) in [5.41, 5.74) is 7.69. The average molecular weight is 362 g/mol. The lowest BCUT2D eigenvalue weighted by Crippen LogP contribution is -2.12. The molecule has 17 heavy (non-hydrogen) atoms. The summed E-state index contributed by atoms with van der Waals surface area (Å²) in [4.78, 5) is 0. The Morgan fingerprint density at radius 3 is 2.47 bits per heavy atom. The molecule has 2 aromatic rings. The van der Waals surface area contributed by atoms with Crippen molar-refractivity contribution < 1.29 is 4.39 Å². The summed E-state index contributed by atoms with van der Waals surface area (Å²) in [5, 5.41) is 0.662. The molecule has 0 saturated carbocycles. The topological polar surface area (TPSA) is 26.0 Å². The minimum atomic E-state index is -0.361. The standard InChI is InChI=1S/C13H10ClFIN/c14-11-7-9(4-5-12(11)16)13(17)8-2-1-3-10(15)6-8/h1-7,13H,17H2. The van der Waals surface area contributed by atoms with E-state index < -0.39 is 0 Å². The van der Waals surface area contributed by atoms with E-state index in [0.717, 1.165) is 14.7 Å². The van der Waals surface area contributed by atoms with Crippen molar-refractivity contribution in [1.29, 1.82) is 0 Å². The van der Waals surface area contributed by atoms with E-state index in [2.05, 4.69) is 22.6 Å². The minimum absolute atomic E-state index is 0.283. The van der Waals surface area contributed by atoms with Gasteiger partial charge >= 0.3 is 0 Å². The molecule has 0 radical (unpaired) electrons. The van der Waals surface area contributed by atoms with Crippen molar-refractivity contribution in [3.05, 3.63) is 68.0 Å². The van der Waals surface area contributed by atoms with Gasteiger partial charge < -0.3 is 5.73 Å². The molecule has 0 saturated heterocycles. The van der Waals surface area contributed by atoms with Crippen molar-refractivity contribution in [2.45, 2.75) is 6.04 Å². The maximum absolute atomic E-state index is 13.1. The van der Waals surface area contributed by atoms with Gasteiger partial charge in [0, 0.05) is 3.57 Å². The molecule has 0 amide bonds. The Balaban J connectivity index is 2.36. The molecular weight excluding hydrogens is 352 g/mol. The third kappa shape index (κ3) is 2.97. The second kappa shape index (κ2) is 5.33. The van der Waals surface area contributed by atoms with E-state index in [-0.39, 0.29) is 11.9 Å². The third-order valence-corrected chi connectivity index (χ3v) is 4.08. The summed E-state index contributed by atoms with van der Waals surface area (Å²) < 4.78 is 14.1. The van der Waals surface area contributed by atoms with Crippen molar-refractivity contribution in [1.82, 2.24) is 0 Å². The van der Waals surface area contributed by atoms with Crippen LogP contribution in [-0.2, 0) is 0 Å². The van der Waals surface area contributed by atoms with Gasteiger partial charge in [-0.05, 0) is 58.0 Å². The zero-order chi connectivity index (χ0) is 12.4. The second-order valence-electron chi connectivity index (χ2n) is 3.71. The fraction of sp³-hybridized carbons (Fsp3) is 0.0769. The zero-order valence-corrected chi connectivity index (χ0v) is 11.7. The molecule has 0 spiro atoms. The summed E-state index contributed by atoms with van der Waals surface area (Å²) in [6, 6.07) is 11.6. The van der Waals surface area contributed by atoms with E-state index in [1.54, 1.807) is 12.1 Å². The first-order valence-electron chi connectivity index (χ1n) is 5.04. The van der Waals surface area contributed by atoms with Gasteiger partial charge in [-0.1, -0.05) is 29.8 Å². The molecule has 0 aromatic heterocycles. The molecule has 2 N–H and O–H groups in total. The van der Waals surface area contributed by atoms with Crippen LogP contribution in [-0.4, -0.2) is 0 Å². The second-order valence-corrected chi connectivity index (χ2v) is 5.28. The van der Waals surface area contributed by atoms with Crippen LogP contribution in [0.2, 0.25) is 5.02 Å². The van der Waals surface area contributed by atoms with Gasteiger partial charge in [0.2, 0.25) is 0 Å². The highest BCUT2D eigenvalue weighted by Crippen LogP contribution is 2.25. The van der Waals surface area contributed by atoms with Crippen LogP contribution < -0.4 is 5.73 Å². The molecule has 0 heterocycles. The van der Waals surface area contributed by atoms with Gasteiger partial charge in [0.1, 0.15) is 5.82 Å². The Morgan fingerprint density at radius 1 is 1.12 bits per heavy atom. The normalized spacial score (nSPS) is 12.5. The molecule has 0 aliphatic rings. The third-order valence-electron chi connectivity index (χ3n) is 2.51. The highest BCUT2D eigenvalue weighted by Gasteiger charge is 2.10. The fourth-order valence-electron chi connectivity index (χ4n) is 1.60. The van der Waals surface area contributed by atoms with E-state index in [1.165, 1.54) is 12.1 Å². The lowest BCUT2D eigenvalue weighted by molar-refractivity contribution is 0.623. The molecule has 1 atom stereocenters. The van der Waals surface area contributed by atoms with Crippen LogP contribution in [0.25, 0.3) is 0 Å². The maximum Gasteiger partial charge on any atom is 0.123 e. The summed E-state index contributed by atoms with van der Waals surface area (Å²) in [6.45, 7) is 0. The van der Waals surface area contributed by atoms with Crippen molar-refractivity contribution in [3.63, 3.8) is 0 Å².